The summed E-state index contributed by atoms with van der Waals surface area (Å²) >= 11 is 1.34. The Morgan fingerprint density at radius 3 is 2.70 bits per heavy atom. The van der Waals surface area contributed by atoms with Crippen LogP contribution in [0.5, 0.6) is 0 Å². The zero-order chi connectivity index (χ0) is 21.1. The third-order valence-corrected chi connectivity index (χ3v) is 5.34. The number of non-ortho nitro benzene ring substituents is 1. The summed E-state index contributed by atoms with van der Waals surface area (Å²) in [6.07, 6.45) is 1.62. The number of rotatable bonds is 5. The summed E-state index contributed by atoms with van der Waals surface area (Å²) < 4.78 is 0. The van der Waals surface area contributed by atoms with Crippen LogP contribution in [0, 0.1) is 28.4 Å². The van der Waals surface area contributed by atoms with Crippen molar-refractivity contribution < 1.29 is 4.92 Å². The molecule has 0 aliphatic heterocycles. The van der Waals surface area contributed by atoms with E-state index in [1.807, 2.05) is 42.6 Å². The van der Waals surface area contributed by atoms with Crippen molar-refractivity contribution in [3.63, 3.8) is 0 Å². The number of thiazole rings is 1. The Bertz CT molecular complexity index is 1320. The molecule has 146 valence electrons. The molecule has 0 aliphatic carbocycles. The number of fused-ring (bicyclic) bond motifs is 1. The van der Waals surface area contributed by atoms with Crippen molar-refractivity contribution in [1.29, 1.82) is 5.26 Å². The van der Waals surface area contributed by atoms with Gasteiger partial charge in [-0.15, -0.1) is 11.3 Å². The maximum Gasteiger partial charge on any atom is 0.269 e. The Balaban J connectivity index is 1.61. The van der Waals surface area contributed by atoms with E-state index < -0.39 is 4.92 Å². The number of pyridine rings is 1. The molecular formula is C22H15N5O2S. The number of nitriles is 1. The van der Waals surface area contributed by atoms with Crippen LogP contribution >= 0.6 is 11.3 Å². The summed E-state index contributed by atoms with van der Waals surface area (Å²) in [5.41, 5.74) is 4.37. The van der Waals surface area contributed by atoms with Crippen molar-refractivity contribution in [2.45, 2.75) is 6.92 Å². The average Bonchev–Trinajstić information content (AvgIpc) is 3.24. The van der Waals surface area contributed by atoms with Gasteiger partial charge in [-0.3, -0.25) is 15.1 Å². The summed E-state index contributed by atoms with van der Waals surface area (Å²) in [6, 6.07) is 18.1. The summed E-state index contributed by atoms with van der Waals surface area (Å²) in [5, 5.41) is 27.0. The number of nitrogens with zero attached hydrogens (tertiary/aromatic N) is 4. The lowest BCUT2D eigenvalue weighted by Crippen LogP contribution is -1.94. The molecule has 0 saturated carbocycles. The van der Waals surface area contributed by atoms with Crippen LogP contribution in [0.2, 0.25) is 0 Å². The predicted octanol–water partition coefficient (Wildman–Crippen LogP) is 5.55. The first kappa shape index (κ1) is 19.2. The van der Waals surface area contributed by atoms with E-state index in [0.717, 1.165) is 27.8 Å². The Morgan fingerprint density at radius 2 is 1.97 bits per heavy atom. The van der Waals surface area contributed by atoms with Gasteiger partial charge in [-0.2, -0.15) is 5.26 Å². The van der Waals surface area contributed by atoms with E-state index in [-0.39, 0.29) is 5.69 Å². The average molecular weight is 413 g/mol. The molecule has 2 aromatic heterocycles. The first-order chi connectivity index (χ1) is 14.5. The zero-order valence-electron chi connectivity index (χ0n) is 15.9. The molecule has 2 heterocycles. The van der Waals surface area contributed by atoms with Crippen LogP contribution in [0.15, 0.2) is 66.2 Å². The lowest BCUT2D eigenvalue weighted by Gasteiger charge is -2.06. The molecule has 2 aromatic carbocycles. The van der Waals surface area contributed by atoms with E-state index in [0.29, 0.717) is 16.3 Å². The fourth-order valence-electron chi connectivity index (χ4n) is 2.94. The number of nitro benzene ring substituents is 1. The standard InChI is InChI=1S/C22H15N5O2S/c1-14-5-6-16-3-2-4-19(21(16)25-14)24-12-17(11-23)22-26-20(13-30-22)15-7-9-18(10-8-15)27(28)29/h2-10,12-13,24H,1H3/b17-12+. The molecule has 30 heavy (non-hydrogen) atoms. The van der Waals surface area contributed by atoms with E-state index in [2.05, 4.69) is 21.4 Å². The van der Waals surface area contributed by atoms with Gasteiger partial charge in [-0.1, -0.05) is 18.2 Å². The van der Waals surface area contributed by atoms with Crippen LogP contribution in [0.3, 0.4) is 0 Å². The molecule has 4 rings (SSSR count). The third-order valence-electron chi connectivity index (χ3n) is 4.46. The molecule has 0 radical (unpaired) electrons. The quantitative estimate of drug-likeness (QED) is 0.261. The second-order valence-electron chi connectivity index (χ2n) is 6.49. The van der Waals surface area contributed by atoms with E-state index >= 15 is 0 Å². The van der Waals surface area contributed by atoms with E-state index in [1.165, 1.54) is 23.5 Å². The minimum atomic E-state index is -0.442. The van der Waals surface area contributed by atoms with Crippen molar-refractivity contribution in [2.24, 2.45) is 0 Å². The van der Waals surface area contributed by atoms with E-state index in [1.54, 1.807) is 18.3 Å². The fourth-order valence-corrected chi connectivity index (χ4v) is 3.73. The minimum absolute atomic E-state index is 0.0231. The number of aryl methyl sites for hydroxylation is 1. The normalized spacial score (nSPS) is 11.3. The molecule has 0 atom stereocenters. The molecule has 0 aliphatic rings. The van der Waals surface area contributed by atoms with Gasteiger partial charge in [-0.25, -0.2) is 4.98 Å². The SMILES string of the molecule is Cc1ccc2cccc(N/C=C(\C#N)c3nc(-c4ccc([N+](=O)[O-])cc4)cs3)c2n1. The zero-order valence-corrected chi connectivity index (χ0v) is 16.7. The highest BCUT2D eigenvalue weighted by Gasteiger charge is 2.11. The molecule has 1 N–H and O–H groups in total. The molecule has 7 nitrogen and oxygen atoms in total. The fraction of sp³-hybridized carbons (Fsp3) is 0.0455. The maximum atomic E-state index is 10.8. The van der Waals surface area contributed by atoms with Crippen molar-refractivity contribution in [3.8, 4) is 17.3 Å². The number of hydrogen-bond donors (Lipinski definition) is 1. The topological polar surface area (TPSA) is 105 Å². The predicted molar refractivity (Wildman–Crippen MR) is 118 cm³/mol. The Hall–Kier alpha value is -4.09. The summed E-state index contributed by atoms with van der Waals surface area (Å²) in [4.78, 5) is 19.5. The summed E-state index contributed by atoms with van der Waals surface area (Å²) in [5.74, 6) is 0. The molecule has 8 heteroatoms. The number of allylic oxidation sites excluding steroid dienone is 1. The Kier molecular flexibility index (Phi) is 5.20. The van der Waals surface area contributed by atoms with Crippen LogP contribution in [0.1, 0.15) is 10.7 Å². The Labute approximate surface area is 176 Å². The van der Waals surface area contributed by atoms with Crippen LogP contribution in [0.4, 0.5) is 11.4 Å². The van der Waals surface area contributed by atoms with Gasteiger partial charge in [0.25, 0.3) is 5.69 Å². The van der Waals surface area contributed by atoms with E-state index in [9.17, 15) is 15.4 Å². The number of aromatic nitrogens is 2. The van der Waals surface area contributed by atoms with Crippen molar-refractivity contribution in [3.05, 3.63) is 87.0 Å². The van der Waals surface area contributed by atoms with Gasteiger partial charge in [0.2, 0.25) is 0 Å². The monoisotopic (exact) mass is 413 g/mol. The summed E-state index contributed by atoms with van der Waals surface area (Å²) in [6.45, 7) is 1.93. The van der Waals surface area contributed by atoms with Gasteiger partial charge in [0.15, 0.2) is 0 Å². The van der Waals surface area contributed by atoms with Crippen LogP contribution < -0.4 is 5.32 Å². The van der Waals surface area contributed by atoms with Gasteiger partial charge in [0.05, 0.1) is 21.8 Å². The molecule has 0 saturated heterocycles. The lowest BCUT2D eigenvalue weighted by atomic mass is 10.1. The smallest absolute Gasteiger partial charge is 0.269 e. The first-order valence-corrected chi connectivity index (χ1v) is 9.87. The molecule has 0 fully saturated rings. The Morgan fingerprint density at radius 1 is 1.17 bits per heavy atom. The highest BCUT2D eigenvalue weighted by Crippen LogP contribution is 2.28. The first-order valence-electron chi connectivity index (χ1n) is 8.99. The largest absolute Gasteiger partial charge is 0.359 e. The highest BCUT2D eigenvalue weighted by atomic mass is 32.1. The minimum Gasteiger partial charge on any atom is -0.359 e. The van der Waals surface area contributed by atoms with Gasteiger partial charge in [-0.05, 0) is 31.2 Å². The molecule has 0 bridgehead atoms. The van der Waals surface area contributed by atoms with Gasteiger partial charge in [0.1, 0.15) is 16.6 Å². The van der Waals surface area contributed by atoms with Crippen LogP contribution in [0.25, 0.3) is 27.7 Å². The second-order valence-corrected chi connectivity index (χ2v) is 7.34. The van der Waals surface area contributed by atoms with Gasteiger partial charge >= 0.3 is 0 Å². The summed E-state index contributed by atoms with van der Waals surface area (Å²) in [7, 11) is 0. The molecular weight excluding hydrogens is 398 g/mol. The van der Waals surface area contributed by atoms with E-state index in [4.69, 9.17) is 0 Å². The number of nitrogens with one attached hydrogen (secondary N) is 1. The van der Waals surface area contributed by atoms with Crippen LogP contribution in [-0.4, -0.2) is 14.9 Å². The molecule has 0 spiro atoms. The van der Waals surface area contributed by atoms with Crippen molar-refractivity contribution in [1.82, 2.24) is 9.97 Å². The molecule has 0 unspecified atom stereocenters. The highest BCUT2D eigenvalue weighted by molar-refractivity contribution is 7.11. The number of benzene rings is 2. The lowest BCUT2D eigenvalue weighted by molar-refractivity contribution is -0.384. The maximum absolute atomic E-state index is 10.8. The number of para-hydroxylation sites is 1. The van der Waals surface area contributed by atoms with Gasteiger partial charge < -0.3 is 5.32 Å². The van der Waals surface area contributed by atoms with Crippen molar-refractivity contribution >= 4 is 39.2 Å². The number of hydrogen-bond acceptors (Lipinski definition) is 7. The molecule has 0 amide bonds. The second kappa shape index (κ2) is 8.11. The van der Waals surface area contributed by atoms with Crippen LogP contribution in [-0.2, 0) is 0 Å². The third kappa shape index (κ3) is 3.87. The number of nitro groups is 1. The number of anilines is 1. The van der Waals surface area contributed by atoms with Crippen molar-refractivity contribution in [2.75, 3.05) is 5.32 Å². The van der Waals surface area contributed by atoms with Gasteiger partial charge in [0, 0.05) is 40.4 Å². The molecule has 4 aromatic rings.